The Morgan fingerprint density at radius 3 is 2.48 bits per heavy atom. The Morgan fingerprint density at radius 2 is 1.91 bits per heavy atom. The van der Waals surface area contributed by atoms with Gasteiger partial charge in [0, 0.05) is 20.1 Å². The average molecular weight is 472 g/mol. The summed E-state index contributed by atoms with van der Waals surface area (Å²) >= 11 is 0. The minimum Gasteiger partial charge on any atom is -0.496 e. The van der Waals surface area contributed by atoms with E-state index in [0.29, 0.717) is 11.3 Å². The fraction of sp³-hybridized carbons (Fsp3) is 0.440. The highest BCUT2D eigenvalue weighted by atomic mass is 28.3. The number of rotatable bonds is 7. The van der Waals surface area contributed by atoms with E-state index in [1.807, 2.05) is 24.3 Å². The number of amides is 1. The van der Waals surface area contributed by atoms with Crippen molar-refractivity contribution in [3.8, 4) is 5.75 Å². The van der Waals surface area contributed by atoms with Crippen LogP contribution in [0, 0.1) is 0 Å². The molecule has 8 heteroatoms. The van der Waals surface area contributed by atoms with Crippen LogP contribution in [0.4, 0.5) is 4.79 Å². The summed E-state index contributed by atoms with van der Waals surface area (Å²) in [6.45, 7) is 11.9. The van der Waals surface area contributed by atoms with E-state index >= 15 is 0 Å². The summed E-state index contributed by atoms with van der Waals surface area (Å²) in [7, 11) is 0.171. The second-order valence-corrected chi connectivity index (χ2v) is 15.8. The highest BCUT2D eigenvalue weighted by Gasteiger charge is 2.57. The van der Waals surface area contributed by atoms with Crippen LogP contribution in [0.3, 0.4) is 0 Å². The van der Waals surface area contributed by atoms with Crippen LogP contribution in [0.5, 0.6) is 5.75 Å². The summed E-state index contributed by atoms with van der Waals surface area (Å²) < 4.78 is 10.8. The van der Waals surface area contributed by atoms with Gasteiger partial charge in [-0.05, 0) is 47.5 Å². The molecule has 1 aliphatic heterocycles. The molecule has 178 valence electrons. The van der Waals surface area contributed by atoms with E-state index in [1.165, 1.54) is 6.92 Å². The van der Waals surface area contributed by atoms with E-state index < -0.39 is 31.3 Å². The predicted molar refractivity (Wildman–Crippen MR) is 131 cm³/mol. The highest BCUT2D eigenvalue weighted by molar-refractivity contribution is 6.76. The molecule has 0 bridgehead atoms. The molecule has 2 aromatic carbocycles. The minimum atomic E-state index is -1.59. The zero-order valence-corrected chi connectivity index (χ0v) is 21.0. The van der Waals surface area contributed by atoms with Crippen molar-refractivity contribution in [3.63, 3.8) is 0 Å². The van der Waals surface area contributed by atoms with Crippen LogP contribution in [0.1, 0.15) is 24.5 Å². The number of methoxy groups -OCH3 is 1. The molecule has 1 heterocycles. The lowest BCUT2D eigenvalue weighted by Crippen LogP contribution is -2.51. The number of carboxylic acid groups (broad SMARTS) is 1. The molecule has 1 aliphatic rings. The van der Waals surface area contributed by atoms with Crippen LogP contribution >= 0.6 is 0 Å². The van der Waals surface area contributed by atoms with Gasteiger partial charge in [0.1, 0.15) is 16.9 Å². The predicted octanol–water partition coefficient (Wildman–Crippen LogP) is 4.70. The third kappa shape index (κ3) is 4.91. The van der Waals surface area contributed by atoms with Gasteiger partial charge in [0.15, 0.2) is 0 Å². The lowest BCUT2D eigenvalue weighted by Gasteiger charge is -2.30. The number of β-amino-alcohol motifs (C(OH)–C–C–N with tert-alkyl or cyclic N) is 1. The van der Waals surface area contributed by atoms with Crippen molar-refractivity contribution in [2.45, 2.75) is 50.2 Å². The first-order chi connectivity index (χ1) is 15.3. The van der Waals surface area contributed by atoms with Crippen molar-refractivity contribution in [1.82, 2.24) is 4.90 Å². The summed E-state index contributed by atoms with van der Waals surface area (Å²) in [4.78, 5) is 26.2. The number of hydrogen-bond donors (Lipinski definition) is 2. The number of benzene rings is 2. The molecule has 0 aromatic heterocycles. The van der Waals surface area contributed by atoms with Gasteiger partial charge in [0.05, 0.1) is 20.3 Å². The monoisotopic (exact) mass is 471 g/mol. The van der Waals surface area contributed by atoms with E-state index in [1.54, 1.807) is 19.3 Å². The number of hydrogen-bond acceptors (Lipinski definition) is 5. The number of carbonyl (C=O) groups is 2. The van der Waals surface area contributed by atoms with Crippen molar-refractivity contribution in [1.29, 1.82) is 0 Å². The molecule has 1 amide bonds. The Bertz CT molecular complexity index is 1090. The van der Waals surface area contributed by atoms with Gasteiger partial charge in [-0.15, -0.1) is 0 Å². The summed E-state index contributed by atoms with van der Waals surface area (Å²) in [5.74, 6) is -0.490. The van der Waals surface area contributed by atoms with Crippen LogP contribution < -0.4 is 4.74 Å². The molecule has 1 fully saturated rings. The van der Waals surface area contributed by atoms with Crippen LogP contribution in [-0.2, 0) is 15.1 Å². The van der Waals surface area contributed by atoms with Crippen molar-refractivity contribution in [3.05, 3.63) is 48.0 Å². The van der Waals surface area contributed by atoms with Crippen molar-refractivity contribution in [2.24, 2.45) is 0 Å². The maximum absolute atomic E-state index is 12.9. The minimum absolute atomic E-state index is 0.144. The maximum Gasteiger partial charge on any atom is 0.410 e. The van der Waals surface area contributed by atoms with Gasteiger partial charge in [0.2, 0.25) is 0 Å². The molecule has 33 heavy (non-hydrogen) atoms. The molecule has 0 radical (unpaired) electrons. The Balaban J connectivity index is 1.94. The normalized spacial score (nSPS) is 22.9. The molecule has 0 aliphatic carbocycles. The van der Waals surface area contributed by atoms with Crippen molar-refractivity contribution in [2.75, 3.05) is 20.3 Å². The Hall–Kier alpha value is -2.84. The van der Waals surface area contributed by atoms with Crippen LogP contribution in [0.15, 0.2) is 36.9 Å². The van der Waals surface area contributed by atoms with Crippen LogP contribution in [-0.4, -0.2) is 61.0 Å². The molecule has 2 N–H and O–H groups in total. The van der Waals surface area contributed by atoms with Gasteiger partial charge in [-0.25, -0.2) is 9.59 Å². The van der Waals surface area contributed by atoms with E-state index in [4.69, 9.17) is 9.47 Å². The zero-order chi connectivity index (χ0) is 24.6. The zero-order valence-electron chi connectivity index (χ0n) is 20.0. The lowest BCUT2D eigenvalue weighted by molar-refractivity contribution is -0.148. The Morgan fingerprint density at radius 1 is 1.21 bits per heavy atom. The van der Waals surface area contributed by atoms with Gasteiger partial charge >= 0.3 is 12.1 Å². The van der Waals surface area contributed by atoms with Gasteiger partial charge < -0.3 is 19.7 Å². The fourth-order valence-electron chi connectivity index (χ4n) is 4.25. The Labute approximate surface area is 195 Å². The largest absolute Gasteiger partial charge is 0.496 e. The smallest absolute Gasteiger partial charge is 0.410 e. The summed E-state index contributed by atoms with van der Waals surface area (Å²) in [5, 5.41) is 23.3. The number of fused-ring (bicyclic) bond motifs is 1. The van der Waals surface area contributed by atoms with Crippen LogP contribution in [0.25, 0.3) is 16.8 Å². The highest BCUT2D eigenvalue weighted by Crippen LogP contribution is 2.43. The molecule has 2 atom stereocenters. The second-order valence-electron chi connectivity index (χ2n) is 10.2. The number of carboxylic acids is 1. The molecule has 7 nitrogen and oxygen atoms in total. The van der Waals surface area contributed by atoms with Crippen LogP contribution in [0.2, 0.25) is 25.7 Å². The topological polar surface area (TPSA) is 96.3 Å². The van der Waals surface area contributed by atoms with E-state index in [0.717, 1.165) is 27.3 Å². The SMILES string of the molecule is C=Cc1cc2cc([C@@]3(O)CN(C(=O)OCC[Si](C)(C)C)[C@](C)(C(=O)O)C3)ccc2cc1OC. The fourth-order valence-corrected chi connectivity index (χ4v) is 4.96. The quantitative estimate of drug-likeness (QED) is 0.568. The van der Waals surface area contributed by atoms with Crippen molar-refractivity contribution < 1.29 is 29.3 Å². The molecule has 0 saturated carbocycles. The third-order valence-electron chi connectivity index (χ3n) is 6.36. The number of aliphatic carboxylic acids is 1. The van der Waals surface area contributed by atoms with E-state index in [9.17, 15) is 19.8 Å². The summed E-state index contributed by atoms with van der Waals surface area (Å²) in [6, 6.07) is 10.0. The number of aliphatic hydroxyl groups is 1. The number of likely N-dealkylation sites (tertiary alicyclic amines) is 1. The van der Waals surface area contributed by atoms with Gasteiger partial charge in [-0.1, -0.05) is 44.4 Å². The molecule has 1 saturated heterocycles. The lowest BCUT2D eigenvalue weighted by atomic mass is 9.85. The third-order valence-corrected chi connectivity index (χ3v) is 8.06. The van der Waals surface area contributed by atoms with Gasteiger partial charge in [0.25, 0.3) is 0 Å². The molecular formula is C25H33NO6Si. The van der Waals surface area contributed by atoms with E-state index in [2.05, 4.69) is 26.2 Å². The van der Waals surface area contributed by atoms with Gasteiger partial charge in [-0.3, -0.25) is 4.90 Å². The maximum atomic E-state index is 12.9. The first-order valence-electron chi connectivity index (χ1n) is 11.0. The molecule has 0 spiro atoms. The molecular weight excluding hydrogens is 438 g/mol. The summed E-state index contributed by atoms with van der Waals surface area (Å²) in [5.41, 5.74) is -1.77. The van der Waals surface area contributed by atoms with Crippen molar-refractivity contribution >= 4 is 37.0 Å². The Kier molecular flexibility index (Phi) is 6.64. The van der Waals surface area contributed by atoms with Gasteiger partial charge in [-0.2, -0.15) is 0 Å². The average Bonchev–Trinajstić information content (AvgIpc) is 3.04. The first kappa shape index (κ1) is 24.8. The number of ether oxygens (including phenoxy) is 2. The number of nitrogens with zero attached hydrogens (tertiary/aromatic N) is 1. The molecule has 2 aromatic rings. The first-order valence-corrected chi connectivity index (χ1v) is 14.7. The second kappa shape index (κ2) is 8.83. The molecule has 3 rings (SSSR count). The summed E-state index contributed by atoms with van der Waals surface area (Å²) in [6.07, 6.45) is 0.831. The molecule has 0 unspecified atom stereocenters. The number of carbonyl (C=O) groups excluding carboxylic acids is 1. The van der Waals surface area contributed by atoms with E-state index in [-0.39, 0.29) is 19.6 Å². The standard InChI is InChI=1S/C25H33NO6Si/c1-7-17-12-19-13-20(9-8-18(19)14-21(17)31-3)25(30)15-24(2,22(27)28)26(16-25)23(29)32-10-11-33(4,5)6/h7-9,12-14,30H,1,10-11,15-16H2,2-6H3,(H,27,28)/t24-,25-/m0/s1.